The molecule has 1 aromatic carbocycles. The highest BCUT2D eigenvalue weighted by molar-refractivity contribution is 5.25. The third kappa shape index (κ3) is 9.09. The Kier molecular flexibility index (Phi) is 9.46. The standard InChI is InChI=1S/C20H35NO2/c1-16(2)10-11-21(12-19-9-7-6-8-18(19)5)13-20(22)15-23-14-17(3)4/h6-9,16-17,20,22H,10-15H2,1-5H3/t20-/m0/s1. The Morgan fingerprint density at radius 3 is 2.35 bits per heavy atom. The Balaban J connectivity index is 2.56. The maximum absolute atomic E-state index is 10.3. The summed E-state index contributed by atoms with van der Waals surface area (Å²) in [7, 11) is 0. The second-order valence-electron chi connectivity index (χ2n) is 7.43. The van der Waals surface area contributed by atoms with Crippen LogP contribution < -0.4 is 0 Å². The van der Waals surface area contributed by atoms with E-state index in [-0.39, 0.29) is 0 Å². The van der Waals surface area contributed by atoms with E-state index in [0.717, 1.165) is 19.5 Å². The Morgan fingerprint density at radius 2 is 1.74 bits per heavy atom. The summed E-state index contributed by atoms with van der Waals surface area (Å²) in [5, 5.41) is 10.3. The van der Waals surface area contributed by atoms with Gasteiger partial charge in [-0.25, -0.2) is 0 Å². The highest BCUT2D eigenvalue weighted by atomic mass is 16.5. The van der Waals surface area contributed by atoms with Gasteiger partial charge in [0.2, 0.25) is 0 Å². The summed E-state index contributed by atoms with van der Waals surface area (Å²) < 4.78 is 5.58. The van der Waals surface area contributed by atoms with Crippen molar-refractivity contribution in [1.29, 1.82) is 0 Å². The Bertz CT molecular complexity index is 431. The van der Waals surface area contributed by atoms with Crippen LogP contribution in [0.25, 0.3) is 0 Å². The minimum absolute atomic E-state index is 0.421. The molecular formula is C20H35NO2. The molecule has 132 valence electrons. The summed E-state index contributed by atoms with van der Waals surface area (Å²) in [6.45, 7) is 14.6. The van der Waals surface area contributed by atoms with Crippen LogP contribution in [0.4, 0.5) is 0 Å². The van der Waals surface area contributed by atoms with Crippen molar-refractivity contribution in [3.8, 4) is 0 Å². The van der Waals surface area contributed by atoms with Crippen LogP contribution in [0.3, 0.4) is 0 Å². The van der Waals surface area contributed by atoms with Crippen LogP contribution >= 0.6 is 0 Å². The Hall–Kier alpha value is -0.900. The third-order valence-electron chi connectivity index (χ3n) is 3.91. The monoisotopic (exact) mass is 321 g/mol. The van der Waals surface area contributed by atoms with Crippen LogP contribution in [0.5, 0.6) is 0 Å². The lowest BCUT2D eigenvalue weighted by Gasteiger charge is -2.26. The first kappa shape index (κ1) is 20.1. The number of rotatable bonds is 11. The molecule has 0 fully saturated rings. The average molecular weight is 322 g/mol. The molecule has 0 aliphatic rings. The summed E-state index contributed by atoms with van der Waals surface area (Å²) in [6, 6.07) is 8.49. The van der Waals surface area contributed by atoms with E-state index >= 15 is 0 Å². The van der Waals surface area contributed by atoms with E-state index in [0.29, 0.717) is 31.6 Å². The molecule has 0 radical (unpaired) electrons. The minimum atomic E-state index is -0.426. The molecule has 3 nitrogen and oxygen atoms in total. The zero-order chi connectivity index (χ0) is 17.2. The van der Waals surface area contributed by atoms with Crippen LogP contribution in [-0.2, 0) is 11.3 Å². The molecule has 0 amide bonds. The maximum atomic E-state index is 10.3. The van der Waals surface area contributed by atoms with Crippen LogP contribution in [-0.4, -0.2) is 42.4 Å². The first-order valence-electron chi connectivity index (χ1n) is 8.91. The lowest BCUT2D eigenvalue weighted by Crippen LogP contribution is -2.36. The molecule has 0 spiro atoms. The van der Waals surface area contributed by atoms with Crippen molar-refractivity contribution < 1.29 is 9.84 Å². The van der Waals surface area contributed by atoms with Gasteiger partial charge in [-0.3, -0.25) is 4.90 Å². The van der Waals surface area contributed by atoms with Crippen molar-refractivity contribution in [3.05, 3.63) is 35.4 Å². The van der Waals surface area contributed by atoms with Crippen molar-refractivity contribution in [2.45, 2.75) is 53.7 Å². The highest BCUT2D eigenvalue weighted by Gasteiger charge is 2.14. The van der Waals surface area contributed by atoms with E-state index in [1.807, 2.05) is 0 Å². The fourth-order valence-corrected chi connectivity index (χ4v) is 2.49. The number of ether oxygens (including phenoxy) is 1. The van der Waals surface area contributed by atoms with Gasteiger partial charge in [0, 0.05) is 19.7 Å². The Labute approximate surface area is 142 Å². The van der Waals surface area contributed by atoms with Crippen LogP contribution in [0, 0.1) is 18.8 Å². The SMILES string of the molecule is Cc1ccccc1CN(CCC(C)C)C[C@H](O)COCC(C)C. The lowest BCUT2D eigenvalue weighted by atomic mass is 10.1. The number of hydrogen-bond acceptors (Lipinski definition) is 3. The van der Waals surface area contributed by atoms with Gasteiger partial charge in [0.25, 0.3) is 0 Å². The van der Waals surface area contributed by atoms with Gasteiger partial charge in [-0.05, 0) is 42.9 Å². The molecule has 0 saturated carbocycles. The summed E-state index contributed by atoms with van der Waals surface area (Å²) >= 11 is 0. The predicted octanol–water partition coefficient (Wildman–Crippen LogP) is 3.88. The van der Waals surface area contributed by atoms with E-state index in [9.17, 15) is 5.11 Å². The molecule has 0 saturated heterocycles. The molecule has 0 heterocycles. The van der Waals surface area contributed by atoms with E-state index in [4.69, 9.17) is 4.74 Å². The molecule has 1 aromatic rings. The molecular weight excluding hydrogens is 286 g/mol. The fraction of sp³-hybridized carbons (Fsp3) is 0.700. The molecule has 1 atom stereocenters. The topological polar surface area (TPSA) is 32.7 Å². The molecule has 3 heteroatoms. The zero-order valence-electron chi connectivity index (χ0n) is 15.6. The summed E-state index contributed by atoms with van der Waals surface area (Å²) in [6.07, 6.45) is 0.718. The van der Waals surface area contributed by atoms with E-state index in [1.54, 1.807) is 0 Å². The van der Waals surface area contributed by atoms with Crippen molar-refractivity contribution in [2.24, 2.45) is 11.8 Å². The Morgan fingerprint density at radius 1 is 1.04 bits per heavy atom. The van der Waals surface area contributed by atoms with Crippen LogP contribution in [0.1, 0.15) is 45.2 Å². The smallest absolute Gasteiger partial charge is 0.0900 e. The van der Waals surface area contributed by atoms with Crippen molar-refractivity contribution in [3.63, 3.8) is 0 Å². The van der Waals surface area contributed by atoms with Crippen LogP contribution in [0.2, 0.25) is 0 Å². The average Bonchev–Trinajstić information content (AvgIpc) is 2.46. The van der Waals surface area contributed by atoms with Gasteiger partial charge in [-0.1, -0.05) is 52.0 Å². The molecule has 23 heavy (non-hydrogen) atoms. The predicted molar refractivity (Wildman–Crippen MR) is 97.6 cm³/mol. The van der Waals surface area contributed by atoms with Gasteiger partial charge in [-0.2, -0.15) is 0 Å². The molecule has 0 bridgehead atoms. The zero-order valence-corrected chi connectivity index (χ0v) is 15.6. The van der Waals surface area contributed by atoms with E-state index in [2.05, 4.69) is 63.8 Å². The van der Waals surface area contributed by atoms with Gasteiger partial charge in [0.05, 0.1) is 12.7 Å². The molecule has 0 aliphatic carbocycles. The number of aliphatic hydroxyl groups excluding tert-OH is 1. The summed E-state index contributed by atoms with van der Waals surface area (Å²) in [4.78, 5) is 2.35. The van der Waals surface area contributed by atoms with E-state index < -0.39 is 6.10 Å². The number of aliphatic hydroxyl groups is 1. The van der Waals surface area contributed by atoms with Crippen LogP contribution in [0.15, 0.2) is 24.3 Å². The number of aryl methyl sites for hydroxylation is 1. The first-order chi connectivity index (χ1) is 10.9. The van der Waals surface area contributed by atoms with Crippen molar-refractivity contribution >= 4 is 0 Å². The molecule has 1 N–H and O–H groups in total. The summed E-state index contributed by atoms with van der Waals surface area (Å²) in [5.74, 6) is 1.18. The van der Waals surface area contributed by atoms with Gasteiger partial charge >= 0.3 is 0 Å². The first-order valence-corrected chi connectivity index (χ1v) is 8.91. The minimum Gasteiger partial charge on any atom is -0.389 e. The second kappa shape index (κ2) is 10.8. The summed E-state index contributed by atoms with van der Waals surface area (Å²) in [5.41, 5.74) is 2.65. The quantitative estimate of drug-likeness (QED) is 0.671. The van der Waals surface area contributed by atoms with Gasteiger partial charge < -0.3 is 9.84 Å². The van der Waals surface area contributed by atoms with E-state index in [1.165, 1.54) is 11.1 Å². The van der Waals surface area contributed by atoms with Crippen molar-refractivity contribution in [2.75, 3.05) is 26.3 Å². The van der Waals surface area contributed by atoms with Gasteiger partial charge in [0.15, 0.2) is 0 Å². The molecule has 0 aromatic heterocycles. The normalized spacial score (nSPS) is 13.3. The van der Waals surface area contributed by atoms with Crippen molar-refractivity contribution in [1.82, 2.24) is 4.90 Å². The highest BCUT2D eigenvalue weighted by Crippen LogP contribution is 2.13. The number of benzene rings is 1. The molecule has 0 aliphatic heterocycles. The largest absolute Gasteiger partial charge is 0.389 e. The number of nitrogens with zero attached hydrogens (tertiary/aromatic N) is 1. The number of hydrogen-bond donors (Lipinski definition) is 1. The lowest BCUT2D eigenvalue weighted by molar-refractivity contribution is 0.00625. The van der Waals surface area contributed by atoms with Gasteiger partial charge in [-0.15, -0.1) is 0 Å². The molecule has 1 rings (SSSR count). The second-order valence-corrected chi connectivity index (χ2v) is 7.43. The van der Waals surface area contributed by atoms with Gasteiger partial charge in [0.1, 0.15) is 0 Å². The fourth-order valence-electron chi connectivity index (χ4n) is 2.49. The third-order valence-corrected chi connectivity index (χ3v) is 3.91. The maximum Gasteiger partial charge on any atom is 0.0900 e. The molecule has 0 unspecified atom stereocenters.